The molecule has 23 heavy (non-hydrogen) atoms. The van der Waals surface area contributed by atoms with Gasteiger partial charge in [-0.3, -0.25) is 0 Å². The predicted octanol–water partition coefficient (Wildman–Crippen LogP) is 3.92. The van der Waals surface area contributed by atoms with E-state index in [1.165, 1.54) is 13.2 Å². The fraction of sp³-hybridized carbons (Fsp3) is 0.333. The SMILES string of the molecule is COC(=O)C=Cc1ccc2c(c1)cc(C)n2C(=O)OC(C)(C)C. The minimum atomic E-state index is -0.552. The van der Waals surface area contributed by atoms with Gasteiger partial charge < -0.3 is 9.47 Å². The molecule has 0 bridgehead atoms. The molecule has 1 aromatic carbocycles. The number of nitrogens with zero attached hydrogens (tertiary/aromatic N) is 1. The van der Waals surface area contributed by atoms with E-state index in [0.29, 0.717) is 0 Å². The molecule has 0 aliphatic carbocycles. The number of aryl methyl sites for hydroxylation is 1. The maximum Gasteiger partial charge on any atom is 0.419 e. The maximum absolute atomic E-state index is 12.4. The first kappa shape index (κ1) is 16.8. The first-order chi connectivity index (χ1) is 10.7. The van der Waals surface area contributed by atoms with Crippen LogP contribution >= 0.6 is 0 Å². The lowest BCUT2D eigenvalue weighted by atomic mass is 10.1. The summed E-state index contributed by atoms with van der Waals surface area (Å²) >= 11 is 0. The third kappa shape index (κ3) is 4.00. The molecule has 0 unspecified atom stereocenters. The molecule has 0 atom stereocenters. The van der Waals surface area contributed by atoms with Crippen LogP contribution in [0.4, 0.5) is 4.79 Å². The minimum absolute atomic E-state index is 0.400. The molecule has 0 amide bonds. The molecule has 1 heterocycles. The Morgan fingerprint density at radius 3 is 2.48 bits per heavy atom. The average molecular weight is 315 g/mol. The number of hydrogen-bond acceptors (Lipinski definition) is 4. The number of hydrogen-bond donors (Lipinski definition) is 0. The van der Waals surface area contributed by atoms with Crippen LogP contribution in [0.3, 0.4) is 0 Å². The number of ether oxygens (including phenoxy) is 2. The van der Waals surface area contributed by atoms with Crippen LogP contribution in [-0.2, 0) is 14.3 Å². The normalized spacial score (nSPS) is 11.9. The molecule has 122 valence electrons. The van der Waals surface area contributed by atoms with Crippen LogP contribution in [0.5, 0.6) is 0 Å². The van der Waals surface area contributed by atoms with Gasteiger partial charge in [-0.25, -0.2) is 14.2 Å². The van der Waals surface area contributed by atoms with Crippen LogP contribution in [-0.4, -0.2) is 29.3 Å². The number of carbonyl (C=O) groups is 2. The molecule has 1 aromatic heterocycles. The van der Waals surface area contributed by atoms with E-state index in [2.05, 4.69) is 4.74 Å². The number of aromatic nitrogens is 1. The molecular formula is C18H21NO4. The number of rotatable bonds is 2. The van der Waals surface area contributed by atoms with Crippen LogP contribution in [0, 0.1) is 6.92 Å². The van der Waals surface area contributed by atoms with Crippen molar-refractivity contribution in [1.82, 2.24) is 4.57 Å². The van der Waals surface area contributed by atoms with Gasteiger partial charge in [0.25, 0.3) is 0 Å². The monoisotopic (exact) mass is 315 g/mol. The van der Waals surface area contributed by atoms with Crippen LogP contribution < -0.4 is 0 Å². The highest BCUT2D eigenvalue weighted by Crippen LogP contribution is 2.23. The molecule has 5 heteroatoms. The van der Waals surface area contributed by atoms with E-state index in [4.69, 9.17) is 4.74 Å². The van der Waals surface area contributed by atoms with Gasteiger partial charge in [-0.1, -0.05) is 6.07 Å². The predicted molar refractivity (Wildman–Crippen MR) is 89.4 cm³/mol. The molecule has 0 fully saturated rings. The Morgan fingerprint density at radius 2 is 1.87 bits per heavy atom. The topological polar surface area (TPSA) is 57.5 Å². The second-order valence-electron chi connectivity index (χ2n) is 6.28. The fourth-order valence-corrected chi connectivity index (χ4v) is 2.26. The smallest absolute Gasteiger partial charge is 0.419 e. The highest BCUT2D eigenvalue weighted by molar-refractivity contribution is 5.93. The average Bonchev–Trinajstić information content (AvgIpc) is 2.77. The Bertz CT molecular complexity index is 778. The van der Waals surface area contributed by atoms with Crippen LogP contribution in [0.15, 0.2) is 30.3 Å². The van der Waals surface area contributed by atoms with Crippen molar-refractivity contribution in [3.63, 3.8) is 0 Å². The lowest BCUT2D eigenvalue weighted by molar-refractivity contribution is -0.134. The molecule has 0 spiro atoms. The zero-order valence-corrected chi connectivity index (χ0v) is 14.0. The number of carbonyl (C=O) groups excluding carboxylic acids is 2. The summed E-state index contributed by atoms with van der Waals surface area (Å²) in [6.07, 6.45) is 2.63. The van der Waals surface area contributed by atoms with Crippen molar-refractivity contribution in [3.8, 4) is 0 Å². The highest BCUT2D eigenvalue weighted by Gasteiger charge is 2.20. The third-order valence-corrected chi connectivity index (χ3v) is 3.20. The van der Waals surface area contributed by atoms with E-state index in [1.807, 2.05) is 52.0 Å². The molecule has 0 radical (unpaired) electrons. The minimum Gasteiger partial charge on any atom is -0.466 e. The van der Waals surface area contributed by atoms with Crippen LogP contribution in [0.25, 0.3) is 17.0 Å². The number of benzene rings is 1. The first-order valence-electron chi connectivity index (χ1n) is 7.33. The summed E-state index contributed by atoms with van der Waals surface area (Å²) in [6.45, 7) is 7.36. The Kier molecular flexibility index (Phi) is 4.59. The fourth-order valence-electron chi connectivity index (χ4n) is 2.26. The number of esters is 1. The first-order valence-corrected chi connectivity index (χ1v) is 7.33. The molecule has 0 N–H and O–H groups in total. The van der Waals surface area contributed by atoms with E-state index in [0.717, 1.165) is 22.2 Å². The van der Waals surface area contributed by atoms with Gasteiger partial charge in [-0.15, -0.1) is 0 Å². The van der Waals surface area contributed by atoms with Gasteiger partial charge in [0.2, 0.25) is 0 Å². The Morgan fingerprint density at radius 1 is 1.17 bits per heavy atom. The summed E-state index contributed by atoms with van der Waals surface area (Å²) in [7, 11) is 1.33. The molecular weight excluding hydrogens is 294 g/mol. The van der Waals surface area contributed by atoms with Crippen LogP contribution in [0.1, 0.15) is 32.0 Å². The van der Waals surface area contributed by atoms with Crippen molar-refractivity contribution in [2.75, 3.05) is 7.11 Å². The lowest BCUT2D eigenvalue weighted by Gasteiger charge is -2.20. The standard InChI is InChI=1S/C18H21NO4/c1-12-10-14-11-13(7-9-16(20)22-5)6-8-15(14)19(12)17(21)23-18(2,3)4/h6-11H,1-5H3. The van der Waals surface area contributed by atoms with Gasteiger partial charge in [0.1, 0.15) is 5.60 Å². The number of fused-ring (bicyclic) bond motifs is 1. The van der Waals surface area contributed by atoms with E-state index in [9.17, 15) is 9.59 Å². The lowest BCUT2D eigenvalue weighted by Crippen LogP contribution is -2.27. The summed E-state index contributed by atoms with van der Waals surface area (Å²) in [5.41, 5.74) is 1.86. The van der Waals surface area contributed by atoms with Crippen LogP contribution in [0.2, 0.25) is 0 Å². The Balaban J connectivity index is 2.39. The largest absolute Gasteiger partial charge is 0.466 e. The maximum atomic E-state index is 12.4. The van der Waals surface area contributed by atoms with E-state index >= 15 is 0 Å². The van der Waals surface area contributed by atoms with Gasteiger partial charge >= 0.3 is 12.1 Å². The summed E-state index contributed by atoms with van der Waals surface area (Å²) in [6, 6.07) is 7.49. The zero-order chi connectivity index (χ0) is 17.2. The van der Waals surface area contributed by atoms with Crippen molar-refractivity contribution in [2.45, 2.75) is 33.3 Å². The van der Waals surface area contributed by atoms with Crippen molar-refractivity contribution >= 4 is 29.0 Å². The molecule has 0 aliphatic rings. The molecule has 2 aromatic rings. The molecule has 5 nitrogen and oxygen atoms in total. The second kappa shape index (κ2) is 6.28. The van der Waals surface area contributed by atoms with Gasteiger partial charge in [0.15, 0.2) is 0 Å². The molecule has 0 aliphatic heterocycles. The second-order valence-corrected chi connectivity index (χ2v) is 6.28. The molecule has 2 rings (SSSR count). The molecule has 0 saturated heterocycles. The van der Waals surface area contributed by atoms with E-state index in [-0.39, 0.29) is 0 Å². The summed E-state index contributed by atoms with van der Waals surface area (Å²) in [4.78, 5) is 23.5. The molecule has 0 saturated carbocycles. The van der Waals surface area contributed by atoms with Gasteiger partial charge in [0, 0.05) is 17.2 Å². The summed E-state index contributed by atoms with van der Waals surface area (Å²) < 4.78 is 11.6. The Hall–Kier alpha value is -2.56. The Labute approximate surface area is 135 Å². The van der Waals surface area contributed by atoms with Gasteiger partial charge in [-0.2, -0.15) is 0 Å². The highest BCUT2D eigenvalue weighted by atomic mass is 16.6. The zero-order valence-electron chi connectivity index (χ0n) is 14.0. The van der Waals surface area contributed by atoms with Gasteiger partial charge in [0.05, 0.1) is 12.6 Å². The number of methoxy groups -OCH3 is 1. The third-order valence-electron chi connectivity index (χ3n) is 3.20. The van der Waals surface area contributed by atoms with E-state index < -0.39 is 17.7 Å². The van der Waals surface area contributed by atoms with E-state index in [1.54, 1.807) is 10.6 Å². The summed E-state index contributed by atoms with van der Waals surface area (Å²) in [5, 5.41) is 0.903. The van der Waals surface area contributed by atoms with Crippen molar-refractivity contribution in [1.29, 1.82) is 0 Å². The van der Waals surface area contributed by atoms with Crippen molar-refractivity contribution < 1.29 is 19.1 Å². The van der Waals surface area contributed by atoms with Crippen molar-refractivity contribution in [3.05, 3.63) is 41.6 Å². The quantitative estimate of drug-likeness (QED) is 0.622. The van der Waals surface area contributed by atoms with Crippen molar-refractivity contribution in [2.24, 2.45) is 0 Å². The summed E-state index contributed by atoms with van der Waals surface area (Å²) in [5.74, 6) is -0.410. The van der Waals surface area contributed by atoms with Gasteiger partial charge in [-0.05, 0) is 57.5 Å².